The number of ether oxygens (including phenoxy) is 2. The minimum atomic E-state index is -0.824. The van der Waals surface area contributed by atoms with Crippen LogP contribution in [0.25, 0.3) is 54.5 Å². The molecule has 0 saturated carbocycles. The summed E-state index contributed by atoms with van der Waals surface area (Å²) in [5, 5.41) is 0.117. The lowest BCUT2D eigenvalue weighted by atomic mass is 10.1. The van der Waals surface area contributed by atoms with Crippen LogP contribution < -0.4 is 65.7 Å². The van der Waals surface area contributed by atoms with Crippen LogP contribution in [0.3, 0.4) is 0 Å². The fourth-order valence-corrected chi connectivity index (χ4v) is 6.78. The van der Waals surface area contributed by atoms with Gasteiger partial charge in [0.1, 0.15) is 23.0 Å². The zero-order valence-electron chi connectivity index (χ0n) is 30.5. The van der Waals surface area contributed by atoms with Gasteiger partial charge in [0.05, 0.1) is 54.5 Å². The number of nitrogens with zero attached hydrogens (tertiary/aromatic N) is 2. The van der Waals surface area contributed by atoms with E-state index in [0.29, 0.717) is 45.7 Å². The van der Waals surface area contributed by atoms with Crippen molar-refractivity contribution in [3.63, 3.8) is 0 Å². The molecule has 0 amide bonds. The average Bonchev–Trinajstić information content (AvgIpc) is 3.87. The van der Waals surface area contributed by atoms with E-state index in [0.717, 1.165) is 21.3 Å². The van der Waals surface area contributed by atoms with Crippen molar-refractivity contribution in [1.82, 2.24) is 9.13 Å². The number of rotatable bonds is 6. The first-order valence-electron chi connectivity index (χ1n) is 17.8. The maximum absolute atomic E-state index is 13.4. The third-order valence-corrected chi connectivity index (χ3v) is 9.72. The van der Waals surface area contributed by atoms with E-state index in [2.05, 4.69) is 8.83 Å². The Kier molecular flexibility index (Phi) is 8.52. The van der Waals surface area contributed by atoms with Gasteiger partial charge in [0.15, 0.2) is 0 Å². The van der Waals surface area contributed by atoms with Crippen molar-refractivity contribution in [2.24, 2.45) is 0 Å². The number of furan rings is 2. The van der Waals surface area contributed by atoms with Crippen LogP contribution in [0.1, 0.15) is 0 Å². The molecule has 0 aliphatic rings. The Morgan fingerprint density at radius 3 is 0.833 bits per heavy atom. The predicted molar refractivity (Wildman–Crippen MR) is 223 cm³/mol. The van der Waals surface area contributed by atoms with Crippen LogP contribution in [0, 0.1) is 0 Å². The molecule has 0 saturated heterocycles. The zero-order chi connectivity index (χ0) is 42.0. The average molecular weight is 801 g/mol. The van der Waals surface area contributed by atoms with Crippen LogP contribution >= 0.6 is 0 Å². The van der Waals surface area contributed by atoms with Crippen LogP contribution in [0.5, 0.6) is 23.0 Å². The Bertz CT molecular complexity index is 3380. The summed E-state index contributed by atoms with van der Waals surface area (Å²) < 4.78 is 22.3. The molecule has 4 N–H and O–H groups in total. The second-order valence-electron chi connectivity index (χ2n) is 13.5. The summed E-state index contributed by atoms with van der Waals surface area (Å²) in [5.41, 5.74) is 7.60. The molecule has 0 radical (unpaired) electrons. The van der Waals surface area contributed by atoms with Gasteiger partial charge < -0.3 is 29.8 Å². The SMILES string of the molecule is Nc1ccc(Oc2ccc(-n3c(=O)c4cc5c(=O)n(-c6ccc(Oc7ccc(N)cc7)cc6)c(=O)c5cc4c3=O)cc2)cc1.O=c1oc(=O)c2cc3c(=O)oc(=O)c3cc12. The van der Waals surface area contributed by atoms with Crippen molar-refractivity contribution in [3.8, 4) is 34.4 Å². The van der Waals surface area contributed by atoms with E-state index in [1.807, 2.05) is 0 Å². The molecule has 4 heterocycles. The van der Waals surface area contributed by atoms with Gasteiger partial charge in [0.2, 0.25) is 0 Å². The summed E-state index contributed by atoms with van der Waals surface area (Å²) in [7, 11) is 0. The summed E-state index contributed by atoms with van der Waals surface area (Å²) in [6.45, 7) is 0. The van der Waals surface area contributed by atoms with Crippen molar-refractivity contribution in [1.29, 1.82) is 0 Å². The maximum atomic E-state index is 13.4. The van der Waals surface area contributed by atoms with Gasteiger partial charge in [0.25, 0.3) is 22.2 Å². The van der Waals surface area contributed by atoms with E-state index in [9.17, 15) is 38.4 Å². The predicted octanol–water partition coefficient (Wildman–Crippen LogP) is 4.14. The Morgan fingerprint density at radius 2 is 0.567 bits per heavy atom. The number of hydrogen-bond acceptors (Lipinski definition) is 14. The zero-order valence-corrected chi connectivity index (χ0v) is 30.5. The second-order valence-corrected chi connectivity index (χ2v) is 13.5. The highest BCUT2D eigenvalue weighted by Crippen LogP contribution is 2.26. The first kappa shape index (κ1) is 36.7. The van der Waals surface area contributed by atoms with Crippen molar-refractivity contribution in [3.05, 3.63) is 204 Å². The van der Waals surface area contributed by atoms with Gasteiger partial charge >= 0.3 is 22.5 Å². The van der Waals surface area contributed by atoms with Crippen LogP contribution in [0.4, 0.5) is 11.4 Å². The van der Waals surface area contributed by atoms with E-state index < -0.39 is 44.7 Å². The molecule has 6 aromatic carbocycles. The van der Waals surface area contributed by atoms with Crippen molar-refractivity contribution < 1.29 is 18.3 Å². The Labute approximate surface area is 331 Å². The van der Waals surface area contributed by atoms with Crippen LogP contribution in [-0.4, -0.2) is 9.13 Å². The van der Waals surface area contributed by atoms with E-state index >= 15 is 0 Å². The van der Waals surface area contributed by atoms with Gasteiger partial charge in [-0.15, -0.1) is 0 Å². The molecule has 10 aromatic rings. The minimum Gasteiger partial charge on any atom is -0.457 e. The third-order valence-electron chi connectivity index (χ3n) is 9.72. The molecule has 0 unspecified atom stereocenters. The Morgan fingerprint density at radius 1 is 0.333 bits per heavy atom. The molecule has 0 bridgehead atoms. The molecule has 0 spiro atoms. The largest absolute Gasteiger partial charge is 0.457 e. The van der Waals surface area contributed by atoms with E-state index in [1.165, 1.54) is 12.1 Å². The number of fused-ring (bicyclic) bond motifs is 4. The number of benzene rings is 6. The van der Waals surface area contributed by atoms with Gasteiger partial charge in [0, 0.05) is 11.4 Å². The second kappa shape index (κ2) is 13.9. The summed E-state index contributed by atoms with van der Waals surface area (Å²) in [6, 6.07) is 31.5. The molecule has 0 aliphatic heterocycles. The van der Waals surface area contributed by atoms with Crippen molar-refractivity contribution >= 4 is 54.5 Å². The first-order chi connectivity index (χ1) is 28.8. The summed E-state index contributed by atoms with van der Waals surface area (Å²) in [5.74, 6) is 2.14. The molecular formula is C44H24N4O12. The highest BCUT2D eigenvalue weighted by molar-refractivity contribution is 5.99. The molecular weight excluding hydrogens is 777 g/mol. The summed E-state index contributed by atoms with van der Waals surface area (Å²) in [6.07, 6.45) is 0. The fourth-order valence-electron chi connectivity index (χ4n) is 6.78. The molecule has 0 aliphatic carbocycles. The highest BCUT2D eigenvalue weighted by Gasteiger charge is 2.21. The molecule has 16 heteroatoms. The Balaban J connectivity index is 0.000000240. The number of aromatic nitrogens is 2. The first-order valence-corrected chi connectivity index (χ1v) is 17.8. The smallest absolute Gasteiger partial charge is 0.346 e. The molecule has 4 aromatic heterocycles. The van der Waals surface area contributed by atoms with Gasteiger partial charge in [-0.25, -0.2) is 28.3 Å². The number of nitrogen functional groups attached to an aromatic ring is 2. The highest BCUT2D eigenvalue weighted by atomic mass is 16.5. The lowest BCUT2D eigenvalue weighted by molar-refractivity contribution is 0.482. The molecule has 10 rings (SSSR count). The molecule has 292 valence electrons. The van der Waals surface area contributed by atoms with Crippen LogP contribution in [0.15, 0.2) is 169 Å². The molecule has 0 atom stereocenters. The summed E-state index contributed by atoms with van der Waals surface area (Å²) in [4.78, 5) is 98.3. The standard InChI is InChI=1S/C34H22N4O6.C10H2O6/c35-19-1-9-23(10-2-19)43-25-13-5-21(6-14-25)37-31(39)27-17-29-30(18-28(27)32(37)40)34(42)38(33(29)41)22-7-15-26(16-8-22)44-24-11-3-20(36)4-12-24;11-7-3-1-4-6(10(14)16-8(4)12)2-5(3)9(13)15-7/h1-18H,35-36H2;1-2H. The monoisotopic (exact) mass is 800 g/mol. The van der Waals surface area contributed by atoms with Gasteiger partial charge in [-0.05, 0) is 121 Å². The molecule has 0 fully saturated rings. The lowest BCUT2D eigenvalue weighted by Gasteiger charge is -2.07. The third kappa shape index (κ3) is 6.22. The maximum Gasteiger partial charge on any atom is 0.346 e. The molecule has 60 heavy (non-hydrogen) atoms. The van der Waals surface area contributed by atoms with Gasteiger partial charge in [-0.1, -0.05) is 0 Å². The van der Waals surface area contributed by atoms with Gasteiger partial charge in [-0.3, -0.25) is 19.2 Å². The minimum absolute atomic E-state index is 0.0181. The number of hydrogen-bond donors (Lipinski definition) is 2. The van der Waals surface area contributed by atoms with E-state index in [4.69, 9.17) is 20.9 Å². The quantitative estimate of drug-likeness (QED) is 0.225. The summed E-state index contributed by atoms with van der Waals surface area (Å²) >= 11 is 0. The Hall–Kier alpha value is -8.92. The normalized spacial score (nSPS) is 11.3. The van der Waals surface area contributed by atoms with Gasteiger partial charge in [-0.2, -0.15) is 0 Å². The topological polar surface area (TPSA) is 243 Å². The van der Waals surface area contributed by atoms with Crippen LogP contribution in [-0.2, 0) is 0 Å². The lowest BCUT2D eigenvalue weighted by Crippen LogP contribution is -2.24. The fraction of sp³-hybridized carbons (Fsp3) is 0. The van der Waals surface area contributed by atoms with Crippen molar-refractivity contribution in [2.45, 2.75) is 0 Å². The van der Waals surface area contributed by atoms with Crippen molar-refractivity contribution in [2.75, 3.05) is 11.5 Å². The number of anilines is 2. The van der Waals surface area contributed by atoms with E-state index in [1.54, 1.807) is 97.1 Å². The van der Waals surface area contributed by atoms with Crippen LogP contribution in [0.2, 0.25) is 0 Å². The van der Waals surface area contributed by atoms with E-state index in [-0.39, 0.29) is 43.1 Å². The number of nitrogens with two attached hydrogens (primary N) is 2. The molecule has 16 nitrogen and oxygen atoms in total.